The number of alkyl halides is 3. The predicted molar refractivity (Wildman–Crippen MR) is 68.6 cm³/mol. The lowest BCUT2D eigenvalue weighted by Gasteiger charge is -2.07. The molecular formula is C11H9F3N2OS2. The number of rotatable bonds is 3. The van der Waals surface area contributed by atoms with Crippen LogP contribution in [0.15, 0.2) is 16.8 Å². The average Bonchev–Trinajstić information content (AvgIpc) is 2.93. The van der Waals surface area contributed by atoms with Gasteiger partial charge in [0, 0.05) is 10.9 Å². The molecule has 2 aromatic rings. The molecule has 1 amide bonds. The van der Waals surface area contributed by atoms with E-state index in [4.69, 9.17) is 0 Å². The smallest absolute Gasteiger partial charge is 0.342 e. The minimum Gasteiger partial charge on any atom is -0.342 e. The fraction of sp³-hybridized carbons (Fsp3) is 0.273. The normalized spacial score (nSPS) is 11.6. The molecule has 3 nitrogen and oxygen atoms in total. The van der Waals surface area contributed by atoms with Crippen molar-refractivity contribution in [3.05, 3.63) is 27.4 Å². The van der Waals surface area contributed by atoms with E-state index in [9.17, 15) is 18.0 Å². The number of amides is 1. The van der Waals surface area contributed by atoms with Crippen molar-refractivity contribution in [3.63, 3.8) is 0 Å². The van der Waals surface area contributed by atoms with E-state index in [0.717, 1.165) is 16.9 Å². The molecule has 0 unspecified atom stereocenters. The lowest BCUT2D eigenvalue weighted by Crippen LogP contribution is -2.33. The van der Waals surface area contributed by atoms with E-state index in [2.05, 4.69) is 4.98 Å². The molecule has 0 aliphatic carbocycles. The van der Waals surface area contributed by atoms with Gasteiger partial charge in [-0.15, -0.1) is 11.3 Å². The zero-order chi connectivity index (χ0) is 14.0. The number of aryl methyl sites for hydroxylation is 1. The minimum atomic E-state index is -4.41. The van der Waals surface area contributed by atoms with E-state index in [-0.39, 0.29) is 4.88 Å². The lowest BCUT2D eigenvalue weighted by atomic mass is 10.3. The van der Waals surface area contributed by atoms with Crippen molar-refractivity contribution in [3.8, 4) is 10.6 Å². The summed E-state index contributed by atoms with van der Waals surface area (Å²) in [5.74, 6) is -0.742. The Morgan fingerprint density at radius 1 is 1.47 bits per heavy atom. The first-order chi connectivity index (χ1) is 8.87. The molecule has 2 aromatic heterocycles. The Kier molecular flexibility index (Phi) is 3.91. The van der Waals surface area contributed by atoms with Crippen LogP contribution in [0.25, 0.3) is 10.6 Å². The van der Waals surface area contributed by atoms with Crippen LogP contribution >= 0.6 is 22.7 Å². The molecule has 102 valence electrons. The Hall–Kier alpha value is -1.41. The summed E-state index contributed by atoms with van der Waals surface area (Å²) in [6, 6.07) is 1.85. The van der Waals surface area contributed by atoms with Gasteiger partial charge in [-0.05, 0) is 18.4 Å². The number of nitrogens with zero attached hydrogens (tertiary/aromatic N) is 1. The number of carbonyl (C=O) groups is 1. The topological polar surface area (TPSA) is 42.0 Å². The number of thiazole rings is 1. The molecule has 0 aliphatic rings. The second kappa shape index (κ2) is 5.30. The van der Waals surface area contributed by atoms with Crippen molar-refractivity contribution in [1.82, 2.24) is 10.3 Å². The van der Waals surface area contributed by atoms with Gasteiger partial charge in [-0.2, -0.15) is 24.5 Å². The van der Waals surface area contributed by atoms with Gasteiger partial charge in [0.25, 0.3) is 5.91 Å². The fourth-order valence-corrected chi connectivity index (χ4v) is 3.07. The zero-order valence-electron chi connectivity index (χ0n) is 9.75. The van der Waals surface area contributed by atoms with Crippen LogP contribution in [0, 0.1) is 6.92 Å². The van der Waals surface area contributed by atoms with E-state index in [1.54, 1.807) is 6.92 Å². The van der Waals surface area contributed by atoms with Crippen molar-refractivity contribution in [2.24, 2.45) is 0 Å². The van der Waals surface area contributed by atoms with Gasteiger partial charge in [-0.3, -0.25) is 4.79 Å². The van der Waals surface area contributed by atoms with Crippen molar-refractivity contribution in [1.29, 1.82) is 0 Å². The van der Waals surface area contributed by atoms with Crippen LogP contribution < -0.4 is 5.32 Å². The second-order valence-electron chi connectivity index (χ2n) is 3.74. The number of carbonyl (C=O) groups excluding carboxylic acids is 1. The molecule has 0 radical (unpaired) electrons. The maximum atomic E-state index is 12.0. The monoisotopic (exact) mass is 306 g/mol. The molecule has 19 heavy (non-hydrogen) atoms. The van der Waals surface area contributed by atoms with Gasteiger partial charge in [0.2, 0.25) is 0 Å². The summed E-state index contributed by atoms with van der Waals surface area (Å²) in [6.07, 6.45) is -4.41. The van der Waals surface area contributed by atoms with Crippen molar-refractivity contribution < 1.29 is 18.0 Å². The second-order valence-corrected chi connectivity index (χ2v) is 5.52. The van der Waals surface area contributed by atoms with E-state index < -0.39 is 18.6 Å². The summed E-state index contributed by atoms with van der Waals surface area (Å²) < 4.78 is 36.1. The molecule has 0 spiro atoms. The van der Waals surface area contributed by atoms with Crippen LogP contribution in [0.1, 0.15) is 15.4 Å². The molecule has 0 saturated heterocycles. The molecule has 8 heteroatoms. The molecule has 0 aliphatic heterocycles. The van der Waals surface area contributed by atoms with Gasteiger partial charge in [0.1, 0.15) is 16.4 Å². The first-order valence-corrected chi connectivity index (χ1v) is 6.98. The largest absolute Gasteiger partial charge is 0.405 e. The summed E-state index contributed by atoms with van der Waals surface area (Å²) in [6.45, 7) is 0.270. The summed E-state index contributed by atoms with van der Waals surface area (Å²) in [4.78, 5) is 16.1. The molecule has 1 N–H and O–H groups in total. The highest BCUT2D eigenvalue weighted by Gasteiger charge is 2.28. The Morgan fingerprint density at radius 3 is 2.79 bits per heavy atom. The molecule has 0 fully saturated rings. The summed E-state index contributed by atoms with van der Waals surface area (Å²) in [7, 11) is 0. The molecule has 2 rings (SSSR count). The summed E-state index contributed by atoms with van der Waals surface area (Å²) in [5, 5.41) is 6.22. The average molecular weight is 306 g/mol. The van der Waals surface area contributed by atoms with Crippen molar-refractivity contribution in [2.75, 3.05) is 6.54 Å². The third kappa shape index (κ3) is 3.54. The zero-order valence-corrected chi connectivity index (χ0v) is 11.4. The predicted octanol–water partition coefficient (Wildman–Crippen LogP) is 3.47. The molecule has 0 saturated carbocycles. The van der Waals surface area contributed by atoms with Crippen LogP contribution in [-0.2, 0) is 0 Å². The molecule has 0 atom stereocenters. The van der Waals surface area contributed by atoms with Crippen LogP contribution in [0.2, 0.25) is 0 Å². The van der Waals surface area contributed by atoms with Crippen LogP contribution in [0.4, 0.5) is 13.2 Å². The van der Waals surface area contributed by atoms with Gasteiger partial charge >= 0.3 is 6.18 Å². The first kappa shape index (κ1) is 14.0. The van der Waals surface area contributed by atoms with E-state index in [1.807, 2.05) is 22.1 Å². The fourth-order valence-electron chi connectivity index (χ4n) is 1.38. The van der Waals surface area contributed by atoms with Gasteiger partial charge in [0.15, 0.2) is 0 Å². The highest BCUT2D eigenvalue weighted by Crippen LogP contribution is 2.29. The number of hydrogen-bond acceptors (Lipinski definition) is 4. The highest BCUT2D eigenvalue weighted by molar-refractivity contribution is 7.17. The number of thiophene rings is 1. The molecule has 0 aromatic carbocycles. The summed E-state index contributed by atoms with van der Waals surface area (Å²) >= 11 is 2.58. The molecule has 0 bridgehead atoms. The Balaban J connectivity index is 2.15. The number of nitrogens with one attached hydrogen (secondary N) is 1. The minimum absolute atomic E-state index is 0.213. The first-order valence-electron chi connectivity index (χ1n) is 5.22. The third-order valence-corrected chi connectivity index (χ3v) is 4.11. The number of halogens is 3. The van der Waals surface area contributed by atoms with Crippen LogP contribution in [-0.4, -0.2) is 23.6 Å². The Bertz CT molecular complexity index is 575. The van der Waals surface area contributed by atoms with Gasteiger partial charge < -0.3 is 5.32 Å². The van der Waals surface area contributed by atoms with E-state index in [1.165, 1.54) is 11.3 Å². The van der Waals surface area contributed by atoms with Gasteiger partial charge in [0.05, 0.1) is 5.69 Å². The number of hydrogen-bond donors (Lipinski definition) is 1. The lowest BCUT2D eigenvalue weighted by molar-refractivity contribution is -0.123. The van der Waals surface area contributed by atoms with Crippen molar-refractivity contribution in [2.45, 2.75) is 13.1 Å². The SMILES string of the molecule is Cc1nc(-c2ccsc2)sc1C(=O)NCC(F)(F)F. The van der Waals surface area contributed by atoms with E-state index in [0.29, 0.717) is 10.7 Å². The maximum absolute atomic E-state index is 12.0. The van der Waals surface area contributed by atoms with E-state index >= 15 is 0 Å². The number of aromatic nitrogens is 1. The maximum Gasteiger partial charge on any atom is 0.405 e. The Morgan fingerprint density at radius 2 is 2.21 bits per heavy atom. The molecule has 2 heterocycles. The van der Waals surface area contributed by atoms with Crippen LogP contribution in [0.3, 0.4) is 0 Å². The van der Waals surface area contributed by atoms with Gasteiger partial charge in [-0.1, -0.05) is 0 Å². The van der Waals surface area contributed by atoms with Crippen molar-refractivity contribution >= 4 is 28.6 Å². The quantitative estimate of drug-likeness (QED) is 0.943. The molecular weight excluding hydrogens is 297 g/mol. The standard InChI is InChI=1S/C11H9F3N2OS2/c1-6-8(9(17)15-5-11(12,13)14)19-10(16-6)7-2-3-18-4-7/h2-4H,5H2,1H3,(H,15,17). The van der Waals surface area contributed by atoms with Gasteiger partial charge in [-0.25, -0.2) is 4.98 Å². The highest BCUT2D eigenvalue weighted by atomic mass is 32.1. The summed E-state index contributed by atoms with van der Waals surface area (Å²) in [5.41, 5.74) is 1.30. The third-order valence-electron chi connectivity index (χ3n) is 2.22. The van der Waals surface area contributed by atoms with Crippen LogP contribution in [0.5, 0.6) is 0 Å². The Labute approximate surface area is 115 Å².